The average molecular weight is 270 g/mol. The van der Waals surface area contributed by atoms with E-state index >= 15 is 0 Å². The molecule has 20 heavy (non-hydrogen) atoms. The van der Waals surface area contributed by atoms with Crippen LogP contribution < -0.4 is 4.74 Å². The summed E-state index contributed by atoms with van der Waals surface area (Å²) in [5.41, 5.74) is 3.18. The summed E-state index contributed by atoms with van der Waals surface area (Å²) in [5, 5.41) is 8.68. The van der Waals surface area contributed by atoms with Gasteiger partial charge in [0.1, 0.15) is 12.4 Å². The molecule has 0 radical (unpaired) electrons. The second-order valence-corrected chi connectivity index (χ2v) is 4.77. The number of ether oxygens (including phenoxy) is 1. The molecule has 0 heterocycles. The Morgan fingerprint density at radius 1 is 1.10 bits per heavy atom. The van der Waals surface area contributed by atoms with Crippen LogP contribution in [0.15, 0.2) is 48.5 Å². The van der Waals surface area contributed by atoms with Crippen molar-refractivity contribution in [1.82, 2.24) is 0 Å². The first kappa shape index (κ1) is 14.1. The number of carboxylic acids is 1. The molecule has 0 aliphatic carbocycles. The van der Waals surface area contributed by atoms with E-state index < -0.39 is 5.97 Å². The highest BCUT2D eigenvalue weighted by Gasteiger charge is 2.04. The third-order valence-electron chi connectivity index (χ3n) is 3.10. The number of aryl methyl sites for hydroxylation is 2. The molecule has 104 valence electrons. The van der Waals surface area contributed by atoms with Gasteiger partial charge in [0, 0.05) is 6.42 Å². The molecule has 0 aromatic heterocycles. The van der Waals surface area contributed by atoms with Gasteiger partial charge in [0.2, 0.25) is 0 Å². The highest BCUT2D eigenvalue weighted by atomic mass is 16.5. The van der Waals surface area contributed by atoms with Crippen molar-refractivity contribution in [2.45, 2.75) is 26.4 Å². The number of aliphatic carboxylic acids is 1. The van der Waals surface area contributed by atoms with Crippen molar-refractivity contribution in [3.05, 3.63) is 65.2 Å². The van der Waals surface area contributed by atoms with Crippen LogP contribution in [0.1, 0.15) is 23.1 Å². The van der Waals surface area contributed by atoms with E-state index in [4.69, 9.17) is 9.84 Å². The summed E-state index contributed by atoms with van der Waals surface area (Å²) in [6, 6.07) is 15.8. The highest BCUT2D eigenvalue weighted by molar-refractivity contribution is 5.67. The van der Waals surface area contributed by atoms with Crippen molar-refractivity contribution >= 4 is 5.97 Å². The molecule has 2 aromatic rings. The lowest BCUT2D eigenvalue weighted by Gasteiger charge is -2.10. The Labute approximate surface area is 118 Å². The number of benzene rings is 2. The molecule has 0 amide bonds. The molecule has 0 aliphatic heterocycles. The van der Waals surface area contributed by atoms with Crippen LogP contribution in [-0.4, -0.2) is 11.1 Å². The Hall–Kier alpha value is -2.29. The summed E-state index contributed by atoms with van der Waals surface area (Å²) in [7, 11) is 0. The van der Waals surface area contributed by atoms with Gasteiger partial charge in [0.15, 0.2) is 0 Å². The Bertz CT molecular complexity index is 576. The molecular weight excluding hydrogens is 252 g/mol. The smallest absolute Gasteiger partial charge is 0.303 e. The van der Waals surface area contributed by atoms with Crippen LogP contribution in [-0.2, 0) is 17.8 Å². The summed E-state index contributed by atoms with van der Waals surface area (Å²) in [6.07, 6.45) is 0.707. The molecule has 0 saturated carbocycles. The standard InChI is InChI=1S/C17H18O3/c1-13-11-14(8-10-17(18)19)7-9-16(13)20-12-15-5-3-2-4-6-15/h2-7,9,11H,8,10,12H2,1H3,(H,18,19). The van der Waals surface area contributed by atoms with Gasteiger partial charge in [-0.25, -0.2) is 0 Å². The minimum absolute atomic E-state index is 0.156. The Balaban J connectivity index is 1.97. The van der Waals surface area contributed by atoms with Crippen molar-refractivity contribution in [3.63, 3.8) is 0 Å². The molecule has 0 aliphatic rings. The maximum Gasteiger partial charge on any atom is 0.303 e. The lowest BCUT2D eigenvalue weighted by molar-refractivity contribution is -0.136. The van der Waals surface area contributed by atoms with E-state index in [1.54, 1.807) is 0 Å². The fraction of sp³-hybridized carbons (Fsp3) is 0.235. The minimum atomic E-state index is -0.771. The van der Waals surface area contributed by atoms with E-state index in [9.17, 15) is 4.79 Å². The van der Waals surface area contributed by atoms with Gasteiger partial charge in [0.25, 0.3) is 0 Å². The molecule has 0 bridgehead atoms. The van der Waals surface area contributed by atoms with E-state index in [1.165, 1.54) is 0 Å². The molecule has 3 nitrogen and oxygen atoms in total. The van der Waals surface area contributed by atoms with Crippen molar-refractivity contribution in [1.29, 1.82) is 0 Å². The molecule has 0 atom stereocenters. The van der Waals surface area contributed by atoms with E-state index in [1.807, 2.05) is 55.5 Å². The third-order valence-corrected chi connectivity index (χ3v) is 3.10. The van der Waals surface area contributed by atoms with Crippen LogP contribution in [0.25, 0.3) is 0 Å². The predicted octanol–water partition coefficient (Wildman–Crippen LogP) is 3.59. The van der Waals surface area contributed by atoms with E-state index in [-0.39, 0.29) is 6.42 Å². The number of carboxylic acid groups (broad SMARTS) is 1. The van der Waals surface area contributed by atoms with Crippen LogP contribution in [0, 0.1) is 6.92 Å². The van der Waals surface area contributed by atoms with Crippen LogP contribution in [0.4, 0.5) is 0 Å². The van der Waals surface area contributed by atoms with Gasteiger partial charge >= 0.3 is 5.97 Å². The van der Waals surface area contributed by atoms with Gasteiger partial charge in [-0.15, -0.1) is 0 Å². The van der Waals surface area contributed by atoms with Crippen molar-refractivity contribution in [3.8, 4) is 5.75 Å². The van der Waals surface area contributed by atoms with E-state index in [2.05, 4.69) is 0 Å². The second-order valence-electron chi connectivity index (χ2n) is 4.77. The summed E-state index contributed by atoms with van der Waals surface area (Å²) in [4.78, 5) is 10.6. The summed E-state index contributed by atoms with van der Waals surface area (Å²) >= 11 is 0. The largest absolute Gasteiger partial charge is 0.489 e. The number of hydrogen-bond acceptors (Lipinski definition) is 2. The Kier molecular flexibility index (Phi) is 4.77. The van der Waals surface area contributed by atoms with Gasteiger partial charge in [0.05, 0.1) is 0 Å². The zero-order chi connectivity index (χ0) is 14.4. The molecule has 3 heteroatoms. The Morgan fingerprint density at radius 2 is 1.85 bits per heavy atom. The van der Waals surface area contributed by atoms with Gasteiger partial charge < -0.3 is 9.84 Å². The number of rotatable bonds is 6. The molecular formula is C17H18O3. The van der Waals surface area contributed by atoms with Crippen molar-refractivity contribution in [2.24, 2.45) is 0 Å². The predicted molar refractivity (Wildman–Crippen MR) is 77.9 cm³/mol. The maximum absolute atomic E-state index is 10.6. The summed E-state index contributed by atoms with van der Waals surface area (Å²) in [5.74, 6) is 0.0694. The minimum Gasteiger partial charge on any atom is -0.489 e. The molecule has 0 fully saturated rings. The molecule has 1 N–H and O–H groups in total. The molecule has 2 rings (SSSR count). The van der Waals surface area contributed by atoms with Crippen LogP contribution in [0.3, 0.4) is 0 Å². The summed E-state index contributed by atoms with van der Waals surface area (Å²) in [6.45, 7) is 2.51. The number of carbonyl (C=O) groups is 1. The lowest BCUT2D eigenvalue weighted by Crippen LogP contribution is -1.99. The average Bonchev–Trinajstić information content (AvgIpc) is 2.45. The molecule has 0 unspecified atom stereocenters. The second kappa shape index (κ2) is 6.75. The van der Waals surface area contributed by atoms with Crippen LogP contribution in [0.2, 0.25) is 0 Å². The lowest BCUT2D eigenvalue weighted by atomic mass is 10.1. The monoisotopic (exact) mass is 270 g/mol. The first-order valence-electron chi connectivity index (χ1n) is 6.63. The van der Waals surface area contributed by atoms with Crippen LogP contribution in [0.5, 0.6) is 5.75 Å². The first-order valence-corrected chi connectivity index (χ1v) is 6.63. The Morgan fingerprint density at radius 3 is 2.50 bits per heavy atom. The zero-order valence-electron chi connectivity index (χ0n) is 11.5. The van der Waals surface area contributed by atoms with E-state index in [0.717, 1.165) is 22.4 Å². The first-order chi connectivity index (χ1) is 9.65. The summed E-state index contributed by atoms with van der Waals surface area (Å²) < 4.78 is 5.79. The third kappa shape index (κ3) is 4.12. The zero-order valence-corrected chi connectivity index (χ0v) is 11.5. The molecule has 2 aromatic carbocycles. The van der Waals surface area contributed by atoms with Gasteiger partial charge in [-0.05, 0) is 36.1 Å². The normalized spacial score (nSPS) is 10.2. The number of hydrogen-bond donors (Lipinski definition) is 1. The molecule has 0 saturated heterocycles. The maximum atomic E-state index is 10.6. The fourth-order valence-corrected chi connectivity index (χ4v) is 2.02. The fourth-order valence-electron chi connectivity index (χ4n) is 2.02. The topological polar surface area (TPSA) is 46.5 Å². The van der Waals surface area contributed by atoms with Gasteiger partial charge in [-0.1, -0.05) is 42.5 Å². The van der Waals surface area contributed by atoms with Gasteiger partial charge in [-0.3, -0.25) is 4.79 Å². The highest BCUT2D eigenvalue weighted by Crippen LogP contribution is 2.21. The van der Waals surface area contributed by atoms with Crippen LogP contribution >= 0.6 is 0 Å². The van der Waals surface area contributed by atoms with Crippen molar-refractivity contribution in [2.75, 3.05) is 0 Å². The quantitative estimate of drug-likeness (QED) is 0.872. The van der Waals surface area contributed by atoms with Crippen molar-refractivity contribution < 1.29 is 14.6 Å². The van der Waals surface area contributed by atoms with Gasteiger partial charge in [-0.2, -0.15) is 0 Å². The SMILES string of the molecule is Cc1cc(CCC(=O)O)ccc1OCc1ccccc1. The molecule has 0 spiro atoms. The van der Waals surface area contributed by atoms with E-state index in [0.29, 0.717) is 13.0 Å².